The van der Waals surface area contributed by atoms with Gasteiger partial charge >= 0.3 is 12.1 Å². The Balaban J connectivity index is 2.27. The van der Waals surface area contributed by atoms with Crippen LogP contribution >= 0.6 is 12.2 Å². The molecule has 1 fully saturated rings. The van der Waals surface area contributed by atoms with Crippen LogP contribution in [0.5, 0.6) is 0 Å². The Bertz CT molecular complexity index is 627. The molecule has 1 aliphatic rings. The predicted octanol–water partition coefficient (Wildman–Crippen LogP) is 0.536. The van der Waals surface area contributed by atoms with Gasteiger partial charge in [-0.3, -0.25) is 14.3 Å². The van der Waals surface area contributed by atoms with Gasteiger partial charge in [0.25, 0.3) is 0 Å². The third kappa shape index (κ3) is 3.15. The van der Waals surface area contributed by atoms with Crippen LogP contribution in [0.3, 0.4) is 0 Å². The van der Waals surface area contributed by atoms with Crippen molar-refractivity contribution in [2.75, 3.05) is 13.7 Å². The first-order chi connectivity index (χ1) is 10.1. The molecular formula is C11H15F3N4O3S. The van der Waals surface area contributed by atoms with Crippen molar-refractivity contribution in [3.63, 3.8) is 0 Å². The van der Waals surface area contributed by atoms with Crippen LogP contribution in [-0.2, 0) is 29.4 Å². The number of halogens is 3. The molecule has 0 amide bonds. The third-order valence-corrected chi connectivity index (χ3v) is 3.95. The SMILES string of the molecule is COC(=O)[C@@H]1C[C@@H](O)CN1Cn1nc(C(F)(F)F)n(C)c1=S. The summed E-state index contributed by atoms with van der Waals surface area (Å²) in [6, 6.07) is -0.738. The van der Waals surface area contributed by atoms with Crippen LogP contribution in [0.4, 0.5) is 13.2 Å². The van der Waals surface area contributed by atoms with Crippen molar-refractivity contribution in [2.24, 2.45) is 7.05 Å². The number of hydrogen-bond acceptors (Lipinski definition) is 6. The van der Waals surface area contributed by atoms with Gasteiger partial charge < -0.3 is 9.84 Å². The number of alkyl halides is 3. The van der Waals surface area contributed by atoms with E-state index in [-0.39, 0.29) is 24.4 Å². The molecule has 11 heteroatoms. The molecular weight excluding hydrogens is 325 g/mol. The minimum atomic E-state index is -4.63. The van der Waals surface area contributed by atoms with E-state index in [2.05, 4.69) is 9.84 Å². The van der Waals surface area contributed by atoms with E-state index in [0.717, 1.165) is 9.25 Å². The van der Waals surface area contributed by atoms with E-state index in [4.69, 9.17) is 12.2 Å². The Labute approximate surface area is 128 Å². The lowest BCUT2D eigenvalue weighted by Crippen LogP contribution is -2.38. The lowest BCUT2D eigenvalue weighted by atomic mass is 10.2. The second kappa shape index (κ2) is 5.97. The molecule has 0 radical (unpaired) electrons. The van der Waals surface area contributed by atoms with Crippen molar-refractivity contribution >= 4 is 18.2 Å². The molecule has 0 spiro atoms. The number of aliphatic hydroxyl groups is 1. The summed E-state index contributed by atoms with van der Waals surface area (Å²) in [5.41, 5.74) is 0. The minimum absolute atomic E-state index is 0.124. The third-order valence-electron chi connectivity index (χ3n) is 3.46. The van der Waals surface area contributed by atoms with E-state index >= 15 is 0 Å². The molecule has 0 bridgehead atoms. The Morgan fingerprint density at radius 2 is 2.18 bits per heavy atom. The summed E-state index contributed by atoms with van der Waals surface area (Å²) in [7, 11) is 2.38. The first kappa shape index (κ1) is 16.9. The van der Waals surface area contributed by atoms with Crippen molar-refractivity contribution in [3.8, 4) is 0 Å². The average molecular weight is 340 g/mol. The number of aliphatic hydroxyl groups excluding tert-OH is 1. The van der Waals surface area contributed by atoms with Crippen molar-refractivity contribution < 1.29 is 27.8 Å². The predicted molar refractivity (Wildman–Crippen MR) is 70.2 cm³/mol. The summed E-state index contributed by atoms with van der Waals surface area (Å²) < 4.78 is 44.7. The second-order valence-corrected chi connectivity index (χ2v) is 5.37. The van der Waals surface area contributed by atoms with Gasteiger partial charge in [-0.25, -0.2) is 4.68 Å². The van der Waals surface area contributed by atoms with E-state index < -0.39 is 30.1 Å². The zero-order valence-electron chi connectivity index (χ0n) is 11.9. The zero-order valence-corrected chi connectivity index (χ0v) is 12.7. The molecule has 22 heavy (non-hydrogen) atoms. The number of methoxy groups -OCH3 is 1. The Kier molecular flexibility index (Phi) is 4.59. The number of likely N-dealkylation sites (tertiary alicyclic amines) is 1. The fraction of sp³-hybridized carbons (Fsp3) is 0.727. The number of ether oxygens (including phenoxy) is 1. The number of carbonyl (C=O) groups is 1. The molecule has 7 nitrogen and oxygen atoms in total. The van der Waals surface area contributed by atoms with Crippen LogP contribution in [0.2, 0.25) is 0 Å². The Morgan fingerprint density at radius 3 is 2.68 bits per heavy atom. The van der Waals surface area contributed by atoms with Gasteiger partial charge in [-0.2, -0.15) is 13.2 Å². The molecule has 2 atom stereocenters. The summed E-state index contributed by atoms with van der Waals surface area (Å²) in [6.07, 6.45) is -5.23. The van der Waals surface area contributed by atoms with Gasteiger partial charge in [-0.1, -0.05) is 0 Å². The van der Waals surface area contributed by atoms with Crippen LogP contribution in [0.15, 0.2) is 0 Å². The van der Waals surface area contributed by atoms with Gasteiger partial charge in [0.2, 0.25) is 5.82 Å². The number of hydrogen-bond donors (Lipinski definition) is 1. The number of rotatable bonds is 3. The Morgan fingerprint density at radius 1 is 1.55 bits per heavy atom. The van der Waals surface area contributed by atoms with E-state index in [1.807, 2.05) is 0 Å². The lowest BCUT2D eigenvalue weighted by molar-refractivity contribution is -0.148. The maximum atomic E-state index is 12.8. The molecule has 0 aromatic carbocycles. The normalized spacial score (nSPS) is 23.0. The van der Waals surface area contributed by atoms with Gasteiger partial charge in [-0.15, -0.1) is 5.10 Å². The topological polar surface area (TPSA) is 72.5 Å². The van der Waals surface area contributed by atoms with E-state index in [0.29, 0.717) is 0 Å². The maximum absolute atomic E-state index is 12.8. The van der Waals surface area contributed by atoms with Crippen molar-refractivity contribution in [3.05, 3.63) is 10.6 Å². The van der Waals surface area contributed by atoms with Crippen molar-refractivity contribution in [1.82, 2.24) is 19.2 Å². The number of nitrogens with zero attached hydrogens (tertiary/aromatic N) is 4. The van der Waals surface area contributed by atoms with Gasteiger partial charge in [0.05, 0.1) is 19.9 Å². The van der Waals surface area contributed by atoms with Gasteiger partial charge in [0.15, 0.2) is 4.77 Å². The summed E-state index contributed by atoms with van der Waals surface area (Å²) in [5, 5.41) is 13.1. The van der Waals surface area contributed by atoms with Gasteiger partial charge in [0.1, 0.15) is 6.04 Å². The highest BCUT2D eigenvalue weighted by molar-refractivity contribution is 7.71. The highest BCUT2D eigenvalue weighted by Crippen LogP contribution is 2.28. The number of esters is 1. The monoisotopic (exact) mass is 340 g/mol. The summed E-state index contributed by atoms with van der Waals surface area (Å²) in [5.74, 6) is -1.68. The van der Waals surface area contributed by atoms with E-state index in [1.165, 1.54) is 19.1 Å². The standard InChI is InChI=1S/C11H15F3N4O3S/c1-16-9(11(12,13)14)15-18(10(16)22)5-17-4-6(19)3-7(17)8(20)21-2/h6-7,19H,3-5H2,1-2H3/t6-,7+/m1/s1. The van der Waals surface area contributed by atoms with Gasteiger partial charge in [-0.05, 0) is 12.2 Å². The molecule has 1 aromatic rings. The highest BCUT2D eigenvalue weighted by Gasteiger charge is 2.40. The number of β-amino-alcohol motifs (C(OH)–C–C–N with tert-alkyl or cyclic N) is 1. The van der Waals surface area contributed by atoms with Crippen molar-refractivity contribution in [1.29, 1.82) is 0 Å². The zero-order chi connectivity index (χ0) is 16.7. The van der Waals surface area contributed by atoms with Crippen LogP contribution in [-0.4, -0.2) is 56.1 Å². The summed E-state index contributed by atoms with van der Waals surface area (Å²) in [4.78, 5) is 13.1. The summed E-state index contributed by atoms with van der Waals surface area (Å²) >= 11 is 4.94. The first-order valence-corrected chi connectivity index (χ1v) is 6.77. The lowest BCUT2D eigenvalue weighted by Gasteiger charge is -2.21. The summed E-state index contributed by atoms with van der Waals surface area (Å²) in [6.45, 7) is -0.0148. The molecule has 0 saturated carbocycles. The molecule has 2 heterocycles. The molecule has 1 aromatic heterocycles. The fourth-order valence-electron chi connectivity index (χ4n) is 2.42. The van der Waals surface area contributed by atoms with Crippen LogP contribution in [0.25, 0.3) is 0 Å². The minimum Gasteiger partial charge on any atom is -0.468 e. The van der Waals surface area contributed by atoms with E-state index in [9.17, 15) is 23.1 Å². The Hall–Kier alpha value is -1.46. The molecule has 124 valence electrons. The van der Waals surface area contributed by atoms with Gasteiger partial charge in [0, 0.05) is 20.0 Å². The molecule has 1 aliphatic heterocycles. The van der Waals surface area contributed by atoms with Crippen molar-refractivity contribution in [2.45, 2.75) is 31.4 Å². The maximum Gasteiger partial charge on any atom is 0.451 e. The first-order valence-electron chi connectivity index (χ1n) is 6.36. The molecule has 1 saturated heterocycles. The average Bonchev–Trinajstić information content (AvgIpc) is 2.92. The second-order valence-electron chi connectivity index (χ2n) is 5.00. The number of aromatic nitrogens is 3. The largest absolute Gasteiger partial charge is 0.468 e. The molecule has 1 N–H and O–H groups in total. The van der Waals surface area contributed by atoms with E-state index in [1.54, 1.807) is 0 Å². The van der Waals surface area contributed by atoms with Crippen LogP contribution < -0.4 is 0 Å². The van der Waals surface area contributed by atoms with Crippen LogP contribution in [0.1, 0.15) is 12.2 Å². The quantitative estimate of drug-likeness (QED) is 0.639. The number of carbonyl (C=O) groups excluding carboxylic acids is 1. The smallest absolute Gasteiger partial charge is 0.451 e. The van der Waals surface area contributed by atoms with Crippen LogP contribution in [0, 0.1) is 4.77 Å². The molecule has 0 unspecified atom stereocenters. The fourth-order valence-corrected chi connectivity index (χ4v) is 2.60. The molecule has 0 aliphatic carbocycles. The highest BCUT2D eigenvalue weighted by atomic mass is 32.1. The molecule has 2 rings (SSSR count).